The molecule has 0 heterocycles. The average molecular weight is 294 g/mol. The lowest BCUT2D eigenvalue weighted by molar-refractivity contribution is -0.174. The van der Waals surface area contributed by atoms with Crippen molar-refractivity contribution in [2.24, 2.45) is 0 Å². The molecule has 0 unspecified atom stereocenters. The van der Waals surface area contributed by atoms with E-state index in [1.54, 1.807) is 0 Å². The Morgan fingerprint density at radius 3 is 2.55 bits per heavy atom. The average Bonchev–Trinajstić information content (AvgIpc) is 2.32. The Balaban J connectivity index is 2.38. The second-order valence-electron chi connectivity index (χ2n) is 4.07. The van der Waals surface area contributed by atoms with Crippen molar-refractivity contribution < 1.29 is 31.8 Å². The molecule has 1 aromatic carbocycles. The fraction of sp³-hybridized carbons (Fsp3) is 0.462. The van der Waals surface area contributed by atoms with Crippen LogP contribution in [0.15, 0.2) is 18.2 Å². The molecule has 0 saturated carbocycles. The molecule has 0 aliphatic rings. The van der Waals surface area contributed by atoms with E-state index in [1.807, 2.05) is 0 Å². The van der Waals surface area contributed by atoms with Gasteiger partial charge in [-0.05, 0) is 19.1 Å². The Morgan fingerprint density at radius 2 is 1.95 bits per heavy atom. The maximum atomic E-state index is 13.0. The lowest BCUT2D eigenvalue weighted by Crippen LogP contribution is -2.18. The molecule has 7 heteroatoms. The van der Waals surface area contributed by atoms with Gasteiger partial charge in [0.2, 0.25) is 0 Å². The lowest BCUT2D eigenvalue weighted by Gasteiger charge is -2.11. The Bertz CT molecular complexity index is 457. The SMILES string of the molecule is CC(=O)c1ccc(F)cc1OCCCOCC(F)(F)F. The minimum absolute atomic E-state index is 0.0294. The van der Waals surface area contributed by atoms with Gasteiger partial charge in [0.15, 0.2) is 5.78 Å². The highest BCUT2D eigenvalue weighted by Gasteiger charge is 2.27. The number of hydrogen-bond acceptors (Lipinski definition) is 3. The summed E-state index contributed by atoms with van der Waals surface area (Å²) in [5, 5.41) is 0. The van der Waals surface area contributed by atoms with Crippen molar-refractivity contribution in [3.8, 4) is 5.75 Å². The van der Waals surface area contributed by atoms with Gasteiger partial charge in [-0.2, -0.15) is 13.2 Å². The van der Waals surface area contributed by atoms with Crippen molar-refractivity contribution in [3.63, 3.8) is 0 Å². The fourth-order valence-electron chi connectivity index (χ4n) is 1.44. The molecule has 0 N–H and O–H groups in total. The molecule has 0 amide bonds. The second kappa shape index (κ2) is 7.23. The van der Waals surface area contributed by atoms with E-state index >= 15 is 0 Å². The second-order valence-corrected chi connectivity index (χ2v) is 4.07. The van der Waals surface area contributed by atoms with Gasteiger partial charge in [-0.3, -0.25) is 4.79 Å². The molecule has 1 rings (SSSR count). The fourth-order valence-corrected chi connectivity index (χ4v) is 1.44. The first-order chi connectivity index (χ1) is 9.29. The van der Waals surface area contributed by atoms with Gasteiger partial charge in [-0.25, -0.2) is 4.39 Å². The maximum absolute atomic E-state index is 13.0. The van der Waals surface area contributed by atoms with Crippen LogP contribution in [0, 0.1) is 5.82 Å². The Morgan fingerprint density at radius 1 is 1.25 bits per heavy atom. The van der Waals surface area contributed by atoms with Crippen LogP contribution in [0.3, 0.4) is 0 Å². The van der Waals surface area contributed by atoms with Gasteiger partial charge in [-0.15, -0.1) is 0 Å². The Labute approximate surface area is 113 Å². The van der Waals surface area contributed by atoms with Gasteiger partial charge in [0.05, 0.1) is 18.8 Å². The zero-order chi connectivity index (χ0) is 15.2. The molecule has 0 bridgehead atoms. The number of ketones is 1. The van der Waals surface area contributed by atoms with Crippen molar-refractivity contribution in [2.45, 2.75) is 19.5 Å². The van der Waals surface area contributed by atoms with Crippen molar-refractivity contribution >= 4 is 5.78 Å². The van der Waals surface area contributed by atoms with Crippen molar-refractivity contribution in [2.75, 3.05) is 19.8 Å². The largest absolute Gasteiger partial charge is 0.493 e. The Hall–Kier alpha value is -1.63. The number of halogens is 4. The van der Waals surface area contributed by atoms with Gasteiger partial charge < -0.3 is 9.47 Å². The normalized spacial score (nSPS) is 11.4. The van der Waals surface area contributed by atoms with Crippen LogP contribution in [0.2, 0.25) is 0 Å². The van der Waals surface area contributed by atoms with Crippen LogP contribution in [-0.2, 0) is 4.74 Å². The van der Waals surface area contributed by atoms with E-state index in [1.165, 1.54) is 13.0 Å². The first-order valence-corrected chi connectivity index (χ1v) is 5.87. The van der Waals surface area contributed by atoms with Gasteiger partial charge >= 0.3 is 6.18 Å². The maximum Gasteiger partial charge on any atom is 0.411 e. The molecule has 0 aliphatic carbocycles. The monoisotopic (exact) mass is 294 g/mol. The molecule has 3 nitrogen and oxygen atoms in total. The summed E-state index contributed by atoms with van der Waals surface area (Å²) in [6, 6.07) is 3.50. The van der Waals surface area contributed by atoms with Crippen molar-refractivity contribution in [3.05, 3.63) is 29.6 Å². The summed E-state index contributed by atoms with van der Waals surface area (Å²) >= 11 is 0. The number of carbonyl (C=O) groups is 1. The van der Waals surface area contributed by atoms with Gasteiger partial charge in [0.25, 0.3) is 0 Å². The quantitative estimate of drug-likeness (QED) is 0.439. The first-order valence-electron chi connectivity index (χ1n) is 5.87. The summed E-state index contributed by atoms with van der Waals surface area (Å²) in [6.07, 6.45) is -4.16. The van der Waals surface area contributed by atoms with Crippen LogP contribution in [0.25, 0.3) is 0 Å². The molecule has 20 heavy (non-hydrogen) atoms. The molecule has 0 spiro atoms. The van der Waals surface area contributed by atoms with Crippen LogP contribution in [0.1, 0.15) is 23.7 Å². The molecule has 0 aliphatic heterocycles. The van der Waals surface area contributed by atoms with E-state index in [9.17, 15) is 22.4 Å². The third-order valence-corrected chi connectivity index (χ3v) is 2.28. The number of hydrogen-bond donors (Lipinski definition) is 0. The minimum atomic E-state index is -4.36. The number of carbonyl (C=O) groups excluding carboxylic acids is 1. The molecular formula is C13H14F4O3. The van der Waals surface area contributed by atoms with Crippen LogP contribution >= 0.6 is 0 Å². The van der Waals surface area contributed by atoms with Crippen LogP contribution in [0.5, 0.6) is 5.75 Å². The van der Waals surface area contributed by atoms with E-state index < -0.39 is 18.6 Å². The summed E-state index contributed by atoms with van der Waals surface area (Å²) in [5.74, 6) is -0.764. The number of Topliss-reactive ketones (excluding diaryl/α,β-unsaturated/α-hetero) is 1. The predicted octanol–water partition coefficient (Wildman–Crippen LogP) is 3.38. The molecule has 0 aromatic heterocycles. The van der Waals surface area contributed by atoms with Gasteiger partial charge in [0.1, 0.15) is 18.2 Å². The molecule has 0 saturated heterocycles. The minimum Gasteiger partial charge on any atom is -0.493 e. The van der Waals surface area contributed by atoms with E-state index in [0.29, 0.717) is 0 Å². The Kier molecular flexibility index (Phi) is 5.94. The van der Waals surface area contributed by atoms with Crippen LogP contribution in [-0.4, -0.2) is 31.8 Å². The molecule has 1 aromatic rings. The van der Waals surface area contributed by atoms with Gasteiger partial charge in [-0.1, -0.05) is 0 Å². The van der Waals surface area contributed by atoms with E-state index in [2.05, 4.69) is 4.74 Å². The summed E-state index contributed by atoms with van der Waals surface area (Å²) < 4.78 is 58.0. The number of ether oxygens (including phenoxy) is 2. The molecule has 0 radical (unpaired) electrons. The first kappa shape index (κ1) is 16.4. The van der Waals surface area contributed by atoms with Crippen molar-refractivity contribution in [1.82, 2.24) is 0 Å². The third kappa shape index (κ3) is 6.01. The molecule has 0 atom stereocenters. The zero-order valence-corrected chi connectivity index (χ0v) is 10.8. The summed E-state index contributed by atoms with van der Waals surface area (Å²) in [4.78, 5) is 11.3. The van der Waals surface area contributed by atoms with E-state index in [0.717, 1.165) is 12.1 Å². The van der Waals surface area contributed by atoms with Crippen molar-refractivity contribution in [1.29, 1.82) is 0 Å². The smallest absolute Gasteiger partial charge is 0.411 e. The molecular weight excluding hydrogens is 280 g/mol. The van der Waals surface area contributed by atoms with Gasteiger partial charge in [0, 0.05) is 12.5 Å². The summed E-state index contributed by atoms with van der Waals surface area (Å²) in [7, 11) is 0. The third-order valence-electron chi connectivity index (χ3n) is 2.28. The topological polar surface area (TPSA) is 35.5 Å². The van der Waals surface area contributed by atoms with E-state index in [4.69, 9.17) is 4.74 Å². The van der Waals surface area contributed by atoms with Crippen LogP contribution < -0.4 is 4.74 Å². The highest BCUT2D eigenvalue weighted by atomic mass is 19.4. The zero-order valence-electron chi connectivity index (χ0n) is 10.8. The summed E-state index contributed by atoms with van der Waals surface area (Å²) in [6.45, 7) is -0.107. The number of alkyl halides is 3. The molecule has 0 fully saturated rings. The highest BCUT2D eigenvalue weighted by Crippen LogP contribution is 2.20. The molecule has 112 valence electrons. The number of rotatable bonds is 7. The summed E-state index contributed by atoms with van der Waals surface area (Å²) in [5.41, 5.74) is 0.225. The van der Waals surface area contributed by atoms with Crippen LogP contribution in [0.4, 0.5) is 17.6 Å². The lowest BCUT2D eigenvalue weighted by atomic mass is 10.1. The number of benzene rings is 1. The predicted molar refractivity (Wildman–Crippen MR) is 63.4 cm³/mol. The van der Waals surface area contributed by atoms with E-state index in [-0.39, 0.29) is 36.7 Å². The standard InChI is InChI=1S/C13H14F4O3/c1-9(18)11-4-3-10(14)7-12(11)20-6-2-5-19-8-13(15,16)17/h3-4,7H,2,5-6,8H2,1H3. The highest BCUT2D eigenvalue weighted by molar-refractivity contribution is 5.96.